The highest BCUT2D eigenvalue weighted by Gasteiger charge is 2.21. The first kappa shape index (κ1) is 19.7. The molecule has 0 saturated heterocycles. The Morgan fingerprint density at radius 3 is 2.23 bits per heavy atom. The zero-order valence-electron chi connectivity index (χ0n) is 14.0. The first-order chi connectivity index (χ1) is 12.1. The molecule has 0 aliphatic rings. The molecule has 2 aromatic rings. The Morgan fingerprint density at radius 1 is 1.12 bits per heavy atom. The van der Waals surface area contributed by atoms with Crippen LogP contribution in [0.15, 0.2) is 42.5 Å². The van der Waals surface area contributed by atoms with Crippen LogP contribution >= 0.6 is 11.6 Å². The lowest BCUT2D eigenvalue weighted by molar-refractivity contribution is 0.0319. The van der Waals surface area contributed by atoms with Crippen molar-refractivity contribution in [1.29, 1.82) is 0 Å². The van der Waals surface area contributed by atoms with Gasteiger partial charge in [0.2, 0.25) is 15.8 Å². The summed E-state index contributed by atoms with van der Waals surface area (Å²) in [5.74, 6) is -1.13. The van der Waals surface area contributed by atoms with Gasteiger partial charge >= 0.3 is 5.97 Å². The van der Waals surface area contributed by atoms with Gasteiger partial charge in [-0.2, -0.15) is 0 Å². The number of nitrogens with two attached hydrogens (primary N) is 1. The predicted octanol–water partition coefficient (Wildman–Crippen LogP) is 2.72. The van der Waals surface area contributed by atoms with Gasteiger partial charge in [0.25, 0.3) is 0 Å². The minimum Gasteiger partial charge on any atom is -0.451 e. The second-order valence-corrected chi connectivity index (χ2v) is 7.76. The molecule has 0 unspecified atom stereocenters. The molecule has 0 spiro atoms. The number of carbonyl (C=O) groups is 2. The van der Waals surface area contributed by atoms with Gasteiger partial charge in [0.15, 0.2) is 6.10 Å². The minimum absolute atomic E-state index is 0.180. The van der Waals surface area contributed by atoms with Crippen LogP contribution in [0.1, 0.15) is 27.6 Å². The van der Waals surface area contributed by atoms with Crippen LogP contribution in [0.3, 0.4) is 0 Å². The van der Waals surface area contributed by atoms with Crippen molar-refractivity contribution in [3.05, 3.63) is 58.6 Å². The SMILES string of the molecule is C[C@H](OC(=O)c1ccc(Cl)c(N)c1)C(=O)c1ccc(NS(C)(=O)=O)cc1. The number of rotatable bonds is 6. The van der Waals surface area contributed by atoms with Crippen molar-refractivity contribution in [2.24, 2.45) is 0 Å². The molecule has 1 atom stereocenters. The summed E-state index contributed by atoms with van der Waals surface area (Å²) in [6.45, 7) is 1.45. The molecular weight excluding hydrogens is 380 g/mol. The second kappa shape index (κ2) is 7.76. The van der Waals surface area contributed by atoms with E-state index in [0.717, 1.165) is 6.26 Å². The highest BCUT2D eigenvalue weighted by Crippen LogP contribution is 2.20. The number of carbonyl (C=O) groups excluding carboxylic acids is 2. The number of sulfonamides is 1. The normalized spacial score (nSPS) is 12.3. The van der Waals surface area contributed by atoms with Crippen molar-refractivity contribution in [2.75, 3.05) is 16.7 Å². The lowest BCUT2D eigenvalue weighted by Gasteiger charge is -2.13. The highest BCUT2D eigenvalue weighted by molar-refractivity contribution is 7.92. The molecule has 7 nitrogen and oxygen atoms in total. The molecule has 0 radical (unpaired) electrons. The number of ketones is 1. The van der Waals surface area contributed by atoms with E-state index in [0.29, 0.717) is 10.7 Å². The number of esters is 1. The maximum Gasteiger partial charge on any atom is 0.338 e. The van der Waals surface area contributed by atoms with Crippen molar-refractivity contribution in [3.63, 3.8) is 0 Å². The lowest BCUT2D eigenvalue weighted by atomic mass is 10.1. The van der Waals surface area contributed by atoms with Gasteiger partial charge in [0.1, 0.15) is 0 Å². The van der Waals surface area contributed by atoms with Crippen molar-refractivity contribution in [1.82, 2.24) is 0 Å². The molecule has 0 heterocycles. The van der Waals surface area contributed by atoms with Crippen LogP contribution in [-0.4, -0.2) is 32.5 Å². The van der Waals surface area contributed by atoms with Crippen molar-refractivity contribution in [3.8, 4) is 0 Å². The highest BCUT2D eigenvalue weighted by atomic mass is 35.5. The number of nitrogens with one attached hydrogen (secondary N) is 1. The maximum absolute atomic E-state index is 12.4. The van der Waals surface area contributed by atoms with Crippen LogP contribution in [0.5, 0.6) is 0 Å². The molecule has 2 rings (SSSR count). The van der Waals surface area contributed by atoms with Gasteiger partial charge in [0.05, 0.1) is 22.5 Å². The summed E-state index contributed by atoms with van der Waals surface area (Å²) in [6, 6.07) is 10.1. The molecule has 0 amide bonds. The number of hydrogen-bond donors (Lipinski definition) is 2. The third kappa shape index (κ3) is 5.21. The average Bonchev–Trinajstić information content (AvgIpc) is 2.55. The fourth-order valence-corrected chi connectivity index (χ4v) is 2.79. The maximum atomic E-state index is 12.4. The summed E-state index contributed by atoms with van der Waals surface area (Å²) in [4.78, 5) is 24.5. The number of ether oxygens (including phenoxy) is 1. The smallest absolute Gasteiger partial charge is 0.338 e. The van der Waals surface area contributed by atoms with E-state index in [9.17, 15) is 18.0 Å². The minimum atomic E-state index is -3.40. The topological polar surface area (TPSA) is 116 Å². The summed E-state index contributed by atoms with van der Waals surface area (Å²) in [6.07, 6.45) is -0.00924. The molecule has 2 aromatic carbocycles. The summed E-state index contributed by atoms with van der Waals surface area (Å²) in [5.41, 5.74) is 6.66. The van der Waals surface area contributed by atoms with Crippen LogP contribution in [0.2, 0.25) is 5.02 Å². The van der Waals surface area contributed by atoms with Gasteiger partial charge < -0.3 is 10.5 Å². The van der Waals surface area contributed by atoms with Crippen LogP contribution < -0.4 is 10.5 Å². The number of anilines is 2. The van der Waals surface area contributed by atoms with Gasteiger partial charge in [-0.25, -0.2) is 13.2 Å². The van der Waals surface area contributed by atoms with Crippen LogP contribution in [0.4, 0.5) is 11.4 Å². The van der Waals surface area contributed by atoms with Crippen molar-refractivity contribution in [2.45, 2.75) is 13.0 Å². The molecule has 26 heavy (non-hydrogen) atoms. The van der Waals surface area contributed by atoms with Crippen molar-refractivity contribution >= 4 is 44.8 Å². The van der Waals surface area contributed by atoms with E-state index < -0.39 is 27.9 Å². The summed E-state index contributed by atoms with van der Waals surface area (Å²) in [5, 5.41) is 0.313. The van der Waals surface area contributed by atoms with Gasteiger partial charge in [0, 0.05) is 11.3 Å². The Morgan fingerprint density at radius 2 is 1.69 bits per heavy atom. The Kier molecular flexibility index (Phi) is 5.89. The molecule has 0 aliphatic carbocycles. The Hall–Kier alpha value is -2.58. The zero-order valence-corrected chi connectivity index (χ0v) is 15.6. The summed E-state index contributed by atoms with van der Waals surface area (Å²) in [7, 11) is -3.40. The second-order valence-electron chi connectivity index (χ2n) is 5.60. The molecule has 0 aromatic heterocycles. The summed E-state index contributed by atoms with van der Waals surface area (Å²) < 4.78 is 29.8. The monoisotopic (exact) mass is 396 g/mol. The Balaban J connectivity index is 2.06. The van der Waals surface area contributed by atoms with Crippen LogP contribution in [0, 0.1) is 0 Å². The van der Waals surface area contributed by atoms with E-state index in [2.05, 4.69) is 4.72 Å². The molecule has 138 valence electrons. The fraction of sp³-hybridized carbons (Fsp3) is 0.176. The van der Waals surface area contributed by atoms with E-state index in [4.69, 9.17) is 22.1 Å². The number of nitrogen functional groups attached to an aromatic ring is 1. The van der Waals surface area contributed by atoms with Gasteiger partial charge in [-0.05, 0) is 49.4 Å². The molecule has 0 bridgehead atoms. The summed E-state index contributed by atoms with van der Waals surface area (Å²) >= 11 is 5.80. The first-order valence-corrected chi connectivity index (χ1v) is 9.72. The molecular formula is C17H17ClN2O5S. The Labute approximate surface area is 156 Å². The quantitative estimate of drug-likeness (QED) is 0.440. The van der Waals surface area contributed by atoms with Gasteiger partial charge in [-0.3, -0.25) is 9.52 Å². The van der Waals surface area contributed by atoms with Crippen LogP contribution in [0.25, 0.3) is 0 Å². The van der Waals surface area contributed by atoms with Gasteiger partial charge in [-0.1, -0.05) is 11.6 Å². The number of benzene rings is 2. The molecule has 3 N–H and O–H groups in total. The van der Waals surface area contributed by atoms with E-state index in [1.54, 1.807) is 0 Å². The van der Waals surface area contributed by atoms with Crippen molar-refractivity contribution < 1.29 is 22.7 Å². The number of halogens is 1. The third-order valence-corrected chi connectivity index (χ3v) is 4.31. The lowest BCUT2D eigenvalue weighted by Crippen LogP contribution is -2.24. The fourth-order valence-electron chi connectivity index (χ4n) is 2.10. The van der Waals surface area contributed by atoms with E-state index >= 15 is 0 Å². The molecule has 9 heteroatoms. The first-order valence-electron chi connectivity index (χ1n) is 7.45. The Bertz CT molecular complexity index is 942. The number of Topliss-reactive ketones (excluding diaryl/α,β-unsaturated/α-hetero) is 1. The zero-order chi connectivity index (χ0) is 19.5. The largest absolute Gasteiger partial charge is 0.451 e. The van der Waals surface area contributed by atoms with E-state index in [1.165, 1.54) is 49.4 Å². The van der Waals surface area contributed by atoms with E-state index in [-0.39, 0.29) is 16.8 Å². The third-order valence-electron chi connectivity index (χ3n) is 3.36. The van der Waals surface area contributed by atoms with E-state index in [1.807, 2.05) is 0 Å². The molecule has 0 fully saturated rings. The molecule has 0 saturated carbocycles. The standard InChI is InChI=1S/C17H17ClN2O5S/c1-10(25-17(22)12-5-8-14(18)15(19)9-12)16(21)11-3-6-13(7-4-11)20-26(2,23)24/h3-10,20H,19H2,1-2H3/t10-/m0/s1. The number of hydrogen-bond acceptors (Lipinski definition) is 6. The van der Waals surface area contributed by atoms with Crippen LogP contribution in [-0.2, 0) is 14.8 Å². The van der Waals surface area contributed by atoms with Gasteiger partial charge in [-0.15, -0.1) is 0 Å². The predicted molar refractivity (Wildman–Crippen MR) is 100.0 cm³/mol. The molecule has 0 aliphatic heterocycles. The average molecular weight is 397 g/mol.